The summed E-state index contributed by atoms with van der Waals surface area (Å²) in [4.78, 5) is 14.9. The summed E-state index contributed by atoms with van der Waals surface area (Å²) in [6, 6.07) is 8.22. The second kappa shape index (κ2) is 11.7. The molecule has 148 valence electrons. The monoisotopic (exact) mass is 404 g/mol. The van der Waals surface area contributed by atoms with Crippen molar-refractivity contribution >= 4 is 11.7 Å². The number of methoxy groups -OCH3 is 1. The summed E-state index contributed by atoms with van der Waals surface area (Å²) in [5.74, 6) is 0.935. The molecule has 5 nitrogen and oxygen atoms in total. The quantitative estimate of drug-likeness (QED) is 0.480. The van der Waals surface area contributed by atoms with Gasteiger partial charge in [-0.2, -0.15) is 0 Å². The van der Waals surface area contributed by atoms with Gasteiger partial charge >= 0.3 is 5.97 Å². The molecule has 1 saturated heterocycles. The van der Waals surface area contributed by atoms with Crippen LogP contribution in [0.4, 0.5) is 5.69 Å². The summed E-state index contributed by atoms with van der Waals surface area (Å²) in [5.41, 5.74) is 1.23. The molecule has 7 heteroatoms. The van der Waals surface area contributed by atoms with Gasteiger partial charge in [0.2, 0.25) is 0 Å². The van der Waals surface area contributed by atoms with Crippen LogP contribution in [0.15, 0.2) is 24.3 Å². The lowest BCUT2D eigenvalue weighted by Gasteiger charge is -2.30. The van der Waals surface area contributed by atoms with Crippen LogP contribution >= 0.6 is 0 Å². The summed E-state index contributed by atoms with van der Waals surface area (Å²) < 4.78 is 11.1. The van der Waals surface area contributed by atoms with Crippen molar-refractivity contribution in [1.29, 1.82) is 0 Å². The molecule has 2 aliphatic rings. The zero-order valence-corrected chi connectivity index (χ0v) is 17.0. The van der Waals surface area contributed by atoms with Crippen molar-refractivity contribution in [3.63, 3.8) is 0 Å². The van der Waals surface area contributed by atoms with E-state index in [1.54, 1.807) is 7.11 Å². The first-order chi connectivity index (χ1) is 11.8. The molecule has 0 radical (unpaired) electrons. The van der Waals surface area contributed by atoms with E-state index < -0.39 is 0 Å². The van der Waals surface area contributed by atoms with Crippen LogP contribution < -0.4 is 39.4 Å². The molecular weight excluding hydrogens is 375 g/mol. The number of benzene rings is 1. The molecule has 1 aromatic carbocycles. The normalized spacial score (nSPS) is 23.3. The third-order valence-electron chi connectivity index (χ3n) is 5.29. The molecule has 2 N–H and O–H groups in total. The Hall–Kier alpha value is -1.01. The first-order valence-corrected chi connectivity index (χ1v) is 9.27. The number of para-hydroxylation sites is 2. The Morgan fingerprint density at radius 3 is 2.35 bits per heavy atom. The smallest absolute Gasteiger partial charge is 0.361 e. The first-order valence-electron chi connectivity index (χ1n) is 9.27. The van der Waals surface area contributed by atoms with Crippen molar-refractivity contribution in [2.24, 2.45) is 0 Å². The highest BCUT2D eigenvalue weighted by Crippen LogP contribution is 2.20. The van der Waals surface area contributed by atoms with Crippen LogP contribution in [0.2, 0.25) is 0 Å². The lowest BCUT2D eigenvalue weighted by molar-refractivity contribution is -0.982. The molecule has 1 heterocycles. The molecule has 1 aliphatic carbocycles. The topological polar surface area (TPSA) is 44.4 Å². The molecule has 1 aromatic rings. The largest absolute Gasteiger partial charge is 1.00 e. The molecule has 0 aromatic heterocycles. The number of esters is 1. The minimum atomic E-state index is -0.0161. The van der Waals surface area contributed by atoms with E-state index in [4.69, 9.17) is 9.47 Å². The van der Waals surface area contributed by atoms with Crippen LogP contribution in [0.5, 0.6) is 5.75 Å². The predicted octanol–water partition coefficient (Wildman–Crippen LogP) is -6.01. The van der Waals surface area contributed by atoms with E-state index in [0.29, 0.717) is 6.54 Å². The number of carbonyl (C=O) groups is 1. The number of carbonyl (C=O) groups excluding carboxylic acids is 1. The summed E-state index contributed by atoms with van der Waals surface area (Å²) >= 11 is 0. The van der Waals surface area contributed by atoms with Gasteiger partial charge in [0.1, 0.15) is 32.3 Å². The number of nitrogens with one attached hydrogen (secondary N) is 2. The highest BCUT2D eigenvalue weighted by Gasteiger charge is 2.29. The Balaban J connectivity index is 0.00000169. The SMILES string of the molecule is COc1ccccc1[NH+]1CC[NH+](CC(=O)OC2CCCCC2)CC1.[Cl-].[Cl-]. The molecule has 0 spiro atoms. The third kappa shape index (κ3) is 6.31. The van der Waals surface area contributed by atoms with Gasteiger partial charge in [-0.05, 0) is 31.7 Å². The van der Waals surface area contributed by atoms with Crippen LogP contribution in [0.3, 0.4) is 0 Å². The number of hydrogen-bond acceptors (Lipinski definition) is 3. The maximum absolute atomic E-state index is 12.2. The van der Waals surface area contributed by atoms with Gasteiger partial charge in [0.15, 0.2) is 18.0 Å². The standard InChI is InChI=1S/C19H28N2O3.2ClH/c1-23-18-10-6-5-9-17(18)21-13-11-20(12-14-21)15-19(22)24-16-7-3-2-4-8-16;;/h5-6,9-10,16H,2-4,7-8,11-15H2,1H3;2*1H. The van der Waals surface area contributed by atoms with Crippen molar-refractivity contribution in [2.45, 2.75) is 38.2 Å². The molecule has 26 heavy (non-hydrogen) atoms. The van der Waals surface area contributed by atoms with Gasteiger partial charge in [0.05, 0.1) is 7.11 Å². The van der Waals surface area contributed by atoms with E-state index in [2.05, 4.69) is 12.1 Å². The summed E-state index contributed by atoms with van der Waals surface area (Å²) in [6.45, 7) is 4.54. The molecule has 2 fully saturated rings. The molecule has 0 atom stereocenters. The highest BCUT2D eigenvalue weighted by molar-refractivity contribution is 5.70. The lowest BCUT2D eigenvalue weighted by Crippen LogP contribution is -3.26. The van der Waals surface area contributed by atoms with Crippen molar-refractivity contribution in [3.05, 3.63) is 24.3 Å². The Bertz CT molecular complexity index is 545. The number of hydrogen-bond donors (Lipinski definition) is 2. The maximum atomic E-state index is 12.2. The molecule has 0 bridgehead atoms. The van der Waals surface area contributed by atoms with Gasteiger partial charge in [0.25, 0.3) is 0 Å². The van der Waals surface area contributed by atoms with E-state index in [9.17, 15) is 4.79 Å². The summed E-state index contributed by atoms with van der Waals surface area (Å²) in [6.07, 6.45) is 5.95. The van der Waals surface area contributed by atoms with Crippen LogP contribution in [0, 0.1) is 0 Å². The molecule has 1 aliphatic heterocycles. The highest BCUT2D eigenvalue weighted by atomic mass is 35.5. The Kier molecular flexibility index (Phi) is 10.3. The van der Waals surface area contributed by atoms with Crippen molar-refractivity contribution in [1.82, 2.24) is 0 Å². The zero-order valence-electron chi connectivity index (χ0n) is 15.4. The van der Waals surface area contributed by atoms with Crippen LogP contribution in [0.1, 0.15) is 32.1 Å². The fraction of sp³-hybridized carbons (Fsp3) is 0.632. The molecule has 0 unspecified atom stereocenters. The molecule has 0 amide bonds. The number of ether oxygens (including phenoxy) is 2. The van der Waals surface area contributed by atoms with E-state index >= 15 is 0 Å². The van der Waals surface area contributed by atoms with E-state index in [1.165, 1.54) is 34.7 Å². The Morgan fingerprint density at radius 1 is 1.04 bits per heavy atom. The fourth-order valence-electron chi connectivity index (χ4n) is 3.90. The predicted molar refractivity (Wildman–Crippen MR) is 91.9 cm³/mol. The number of rotatable bonds is 5. The summed E-state index contributed by atoms with van der Waals surface area (Å²) in [7, 11) is 1.72. The van der Waals surface area contributed by atoms with Gasteiger partial charge in [-0.3, -0.25) is 4.90 Å². The summed E-state index contributed by atoms with van der Waals surface area (Å²) in [5, 5.41) is 0. The second-order valence-corrected chi connectivity index (χ2v) is 6.98. The fourth-order valence-corrected chi connectivity index (χ4v) is 3.90. The number of halogens is 2. The second-order valence-electron chi connectivity index (χ2n) is 6.98. The Morgan fingerprint density at radius 2 is 1.69 bits per heavy atom. The average Bonchev–Trinajstić information content (AvgIpc) is 2.63. The van der Waals surface area contributed by atoms with Crippen molar-refractivity contribution < 1.29 is 48.9 Å². The first kappa shape index (κ1) is 23.0. The average molecular weight is 405 g/mol. The Labute approximate surface area is 168 Å². The molecule has 1 saturated carbocycles. The van der Waals surface area contributed by atoms with Gasteiger partial charge in [-0.25, -0.2) is 4.79 Å². The van der Waals surface area contributed by atoms with Crippen molar-refractivity contribution in [2.75, 3.05) is 39.8 Å². The minimum Gasteiger partial charge on any atom is -1.00 e. The van der Waals surface area contributed by atoms with E-state index in [-0.39, 0.29) is 36.9 Å². The van der Waals surface area contributed by atoms with Crippen molar-refractivity contribution in [3.8, 4) is 5.75 Å². The maximum Gasteiger partial charge on any atom is 0.361 e. The van der Waals surface area contributed by atoms with Gasteiger partial charge in [0, 0.05) is 6.07 Å². The molecular formula is C19H30Cl2N2O3. The van der Waals surface area contributed by atoms with Gasteiger partial charge in [-0.1, -0.05) is 18.6 Å². The lowest BCUT2D eigenvalue weighted by atomic mass is 9.98. The number of piperazine rings is 1. The van der Waals surface area contributed by atoms with Gasteiger partial charge < -0.3 is 39.2 Å². The van der Waals surface area contributed by atoms with E-state index in [0.717, 1.165) is 44.8 Å². The zero-order chi connectivity index (χ0) is 16.8. The minimum absolute atomic E-state index is 0. The van der Waals surface area contributed by atoms with Gasteiger partial charge in [-0.15, -0.1) is 0 Å². The van der Waals surface area contributed by atoms with E-state index in [1.807, 2.05) is 12.1 Å². The third-order valence-corrected chi connectivity index (χ3v) is 5.29. The molecule has 3 rings (SSSR count). The van der Waals surface area contributed by atoms with Crippen LogP contribution in [0.25, 0.3) is 0 Å². The van der Waals surface area contributed by atoms with Crippen LogP contribution in [-0.4, -0.2) is 51.9 Å². The van der Waals surface area contributed by atoms with Crippen LogP contribution in [-0.2, 0) is 9.53 Å². The number of quaternary nitrogens is 2.